The topological polar surface area (TPSA) is 87.7 Å². The van der Waals surface area contributed by atoms with Crippen LogP contribution in [-0.2, 0) is 14.4 Å². The second-order valence-corrected chi connectivity index (χ2v) is 8.21. The van der Waals surface area contributed by atoms with E-state index in [0.717, 1.165) is 24.8 Å². The summed E-state index contributed by atoms with van der Waals surface area (Å²) in [5.74, 6) is -1.36. The molecule has 2 atom stereocenters. The zero-order valence-electron chi connectivity index (χ0n) is 17.9. The Morgan fingerprint density at radius 3 is 2.45 bits per heavy atom. The maximum Gasteiger partial charge on any atom is 0.426 e. The molecule has 0 aliphatic carbocycles. The smallest absolute Gasteiger partial charge is 0.350 e. The monoisotopic (exact) mass is 403 g/mol. The van der Waals surface area contributed by atoms with Gasteiger partial charge in [-0.3, -0.25) is 9.59 Å². The second-order valence-electron chi connectivity index (χ2n) is 8.21. The summed E-state index contributed by atoms with van der Waals surface area (Å²) in [6.45, 7) is 8.47. The van der Waals surface area contributed by atoms with Crippen LogP contribution in [0, 0.1) is 0 Å². The highest BCUT2D eigenvalue weighted by atomic mass is 16.7. The van der Waals surface area contributed by atoms with Gasteiger partial charge in [0.05, 0.1) is 11.6 Å². The lowest BCUT2D eigenvalue weighted by molar-refractivity contribution is -0.144. The quantitative estimate of drug-likeness (QED) is 0.616. The SMILES string of the molecule is CCCCC(NC(=O)ON1CCCC1(C)C)C(=O)C(=O)N[C@H](C)c1ccccc1. The lowest BCUT2D eigenvalue weighted by atomic mass is 10.0. The number of rotatable bonds is 9. The van der Waals surface area contributed by atoms with Crippen molar-refractivity contribution in [2.75, 3.05) is 6.54 Å². The van der Waals surface area contributed by atoms with Crippen molar-refractivity contribution in [2.45, 2.75) is 77.4 Å². The van der Waals surface area contributed by atoms with Gasteiger partial charge in [-0.25, -0.2) is 4.79 Å². The minimum absolute atomic E-state index is 0.233. The number of amides is 2. The van der Waals surface area contributed by atoms with Crippen LogP contribution in [0.3, 0.4) is 0 Å². The van der Waals surface area contributed by atoms with E-state index in [4.69, 9.17) is 4.84 Å². The third-order valence-electron chi connectivity index (χ3n) is 5.34. The van der Waals surface area contributed by atoms with Crippen molar-refractivity contribution < 1.29 is 19.2 Å². The van der Waals surface area contributed by atoms with Gasteiger partial charge in [0.1, 0.15) is 6.04 Å². The average molecular weight is 404 g/mol. The molecular formula is C22H33N3O4. The summed E-state index contributed by atoms with van der Waals surface area (Å²) in [4.78, 5) is 43.0. The van der Waals surface area contributed by atoms with Crippen molar-refractivity contribution in [3.8, 4) is 0 Å². The van der Waals surface area contributed by atoms with Crippen LogP contribution in [0.15, 0.2) is 30.3 Å². The first-order valence-corrected chi connectivity index (χ1v) is 10.4. The van der Waals surface area contributed by atoms with Crippen LogP contribution in [-0.4, -0.2) is 41.0 Å². The fraction of sp³-hybridized carbons (Fsp3) is 0.591. The predicted molar refractivity (Wildman–Crippen MR) is 111 cm³/mol. The second kappa shape index (κ2) is 10.4. The number of hydrogen-bond donors (Lipinski definition) is 2. The molecule has 2 rings (SSSR count). The van der Waals surface area contributed by atoms with Crippen LogP contribution >= 0.6 is 0 Å². The molecule has 1 aromatic carbocycles. The first kappa shape index (κ1) is 22.9. The maximum absolute atomic E-state index is 12.7. The van der Waals surface area contributed by atoms with E-state index in [2.05, 4.69) is 10.6 Å². The van der Waals surface area contributed by atoms with Gasteiger partial charge >= 0.3 is 6.09 Å². The Morgan fingerprint density at radius 1 is 1.17 bits per heavy atom. The van der Waals surface area contributed by atoms with Gasteiger partial charge in [-0.15, -0.1) is 5.06 Å². The number of Topliss-reactive ketones (excluding diaryl/α,β-unsaturated/α-hetero) is 1. The van der Waals surface area contributed by atoms with Crippen molar-refractivity contribution in [2.24, 2.45) is 0 Å². The Balaban J connectivity index is 1.97. The number of hydroxylamine groups is 2. The maximum atomic E-state index is 12.7. The number of benzene rings is 1. The Labute approximate surface area is 173 Å². The Kier molecular flexibility index (Phi) is 8.20. The molecule has 2 amide bonds. The van der Waals surface area contributed by atoms with E-state index in [1.807, 2.05) is 58.0 Å². The molecule has 1 aliphatic rings. The number of hydrogen-bond acceptors (Lipinski definition) is 5. The molecule has 7 nitrogen and oxygen atoms in total. The van der Waals surface area contributed by atoms with Crippen molar-refractivity contribution in [3.63, 3.8) is 0 Å². The van der Waals surface area contributed by atoms with Gasteiger partial charge in [-0.05, 0) is 45.6 Å². The molecule has 0 spiro atoms. The Morgan fingerprint density at radius 2 is 1.86 bits per heavy atom. The molecule has 0 saturated carbocycles. The number of carbonyl (C=O) groups is 3. The van der Waals surface area contributed by atoms with Crippen LogP contribution in [0.1, 0.15) is 71.4 Å². The number of nitrogens with one attached hydrogen (secondary N) is 2. The molecule has 1 heterocycles. The van der Waals surface area contributed by atoms with E-state index in [1.54, 1.807) is 5.06 Å². The number of ketones is 1. The van der Waals surface area contributed by atoms with E-state index in [-0.39, 0.29) is 11.6 Å². The largest absolute Gasteiger partial charge is 0.426 e. The fourth-order valence-corrected chi connectivity index (χ4v) is 3.45. The zero-order chi connectivity index (χ0) is 21.4. The summed E-state index contributed by atoms with van der Waals surface area (Å²) in [7, 11) is 0. The summed E-state index contributed by atoms with van der Waals surface area (Å²) in [5.41, 5.74) is 0.672. The minimum Gasteiger partial charge on any atom is -0.350 e. The fourth-order valence-electron chi connectivity index (χ4n) is 3.45. The molecule has 1 unspecified atom stereocenters. The van der Waals surface area contributed by atoms with E-state index < -0.39 is 23.8 Å². The third kappa shape index (κ3) is 6.56. The molecule has 0 bridgehead atoms. The molecule has 0 aromatic heterocycles. The number of unbranched alkanes of at least 4 members (excludes halogenated alkanes) is 1. The minimum atomic E-state index is -0.906. The summed E-state index contributed by atoms with van der Waals surface area (Å²) in [6.07, 6.45) is 3.13. The molecule has 1 aliphatic heterocycles. The molecule has 160 valence electrons. The van der Waals surface area contributed by atoms with E-state index in [9.17, 15) is 14.4 Å². The lowest BCUT2D eigenvalue weighted by Gasteiger charge is -2.30. The Hall–Kier alpha value is -2.41. The van der Waals surface area contributed by atoms with E-state index in [1.165, 1.54) is 0 Å². The summed E-state index contributed by atoms with van der Waals surface area (Å²) >= 11 is 0. The van der Waals surface area contributed by atoms with Crippen LogP contribution in [0.5, 0.6) is 0 Å². The molecule has 1 fully saturated rings. The highest BCUT2D eigenvalue weighted by Crippen LogP contribution is 2.28. The Bertz CT molecular complexity index is 705. The van der Waals surface area contributed by atoms with Crippen molar-refractivity contribution in [3.05, 3.63) is 35.9 Å². The van der Waals surface area contributed by atoms with Gasteiger partial charge in [0.25, 0.3) is 5.91 Å². The summed E-state index contributed by atoms with van der Waals surface area (Å²) < 4.78 is 0. The van der Waals surface area contributed by atoms with Crippen LogP contribution in [0.4, 0.5) is 4.79 Å². The normalized spacial score (nSPS) is 17.9. The van der Waals surface area contributed by atoms with Gasteiger partial charge < -0.3 is 15.5 Å². The highest BCUT2D eigenvalue weighted by Gasteiger charge is 2.36. The average Bonchev–Trinajstić information content (AvgIpc) is 3.02. The molecule has 1 saturated heterocycles. The van der Waals surface area contributed by atoms with Crippen LogP contribution in [0.25, 0.3) is 0 Å². The highest BCUT2D eigenvalue weighted by molar-refractivity contribution is 6.38. The first-order valence-electron chi connectivity index (χ1n) is 10.4. The third-order valence-corrected chi connectivity index (χ3v) is 5.34. The molecule has 2 N–H and O–H groups in total. The van der Waals surface area contributed by atoms with E-state index in [0.29, 0.717) is 19.4 Å². The van der Waals surface area contributed by atoms with E-state index >= 15 is 0 Å². The van der Waals surface area contributed by atoms with Crippen LogP contribution < -0.4 is 10.6 Å². The molecular weight excluding hydrogens is 370 g/mol. The van der Waals surface area contributed by atoms with Gasteiger partial charge in [-0.2, -0.15) is 0 Å². The zero-order valence-corrected chi connectivity index (χ0v) is 17.9. The predicted octanol–water partition coefficient (Wildman–Crippen LogP) is 3.51. The van der Waals surface area contributed by atoms with Gasteiger partial charge in [0.15, 0.2) is 0 Å². The molecule has 1 aromatic rings. The molecule has 0 radical (unpaired) electrons. The van der Waals surface area contributed by atoms with Crippen molar-refractivity contribution in [1.29, 1.82) is 0 Å². The lowest BCUT2D eigenvalue weighted by Crippen LogP contribution is -2.50. The van der Waals surface area contributed by atoms with Crippen LogP contribution in [0.2, 0.25) is 0 Å². The van der Waals surface area contributed by atoms with Crippen molar-refractivity contribution in [1.82, 2.24) is 15.7 Å². The van der Waals surface area contributed by atoms with Gasteiger partial charge in [0, 0.05) is 6.54 Å². The number of nitrogens with zero attached hydrogens (tertiary/aromatic N) is 1. The standard InChI is InChI=1S/C22H33N3O4/c1-5-6-13-18(24-21(28)29-25-15-10-14-22(25,3)4)19(26)20(27)23-16(2)17-11-8-7-9-12-17/h7-9,11-12,16,18H,5-6,10,13-15H2,1-4H3,(H,23,27)(H,24,28)/t16-,18?/m1/s1. The summed E-state index contributed by atoms with van der Waals surface area (Å²) in [6, 6.07) is 8.20. The van der Waals surface area contributed by atoms with Gasteiger partial charge in [-0.1, -0.05) is 50.1 Å². The molecule has 7 heteroatoms. The summed E-state index contributed by atoms with van der Waals surface area (Å²) in [5, 5.41) is 6.96. The van der Waals surface area contributed by atoms with Crippen molar-refractivity contribution >= 4 is 17.8 Å². The van der Waals surface area contributed by atoms with Gasteiger partial charge in [0.2, 0.25) is 5.78 Å². The number of carbonyl (C=O) groups excluding carboxylic acids is 3. The molecule has 29 heavy (non-hydrogen) atoms. The first-order chi connectivity index (χ1) is 13.7.